The summed E-state index contributed by atoms with van der Waals surface area (Å²) >= 11 is 0. The number of hydrogen-bond donors (Lipinski definition) is 1. The highest BCUT2D eigenvalue weighted by atomic mass is 32.2. The van der Waals surface area contributed by atoms with Gasteiger partial charge in [0.1, 0.15) is 0 Å². The van der Waals surface area contributed by atoms with Crippen LogP contribution in [0.15, 0.2) is 0 Å². The number of hydrogen-bond acceptors (Lipinski definition) is 4. The van der Waals surface area contributed by atoms with Crippen molar-refractivity contribution in [2.24, 2.45) is 0 Å². The second kappa shape index (κ2) is 6.27. The molecule has 0 spiro atoms. The summed E-state index contributed by atoms with van der Waals surface area (Å²) in [4.78, 5) is 4.85. The van der Waals surface area contributed by atoms with E-state index in [0.717, 1.165) is 39.0 Å². The van der Waals surface area contributed by atoms with Gasteiger partial charge in [0, 0.05) is 52.4 Å². The van der Waals surface area contributed by atoms with E-state index in [4.69, 9.17) is 0 Å². The van der Waals surface area contributed by atoms with E-state index in [9.17, 15) is 8.42 Å². The average Bonchev–Trinajstić information content (AvgIpc) is 2.87. The minimum absolute atomic E-state index is 0.0321. The van der Waals surface area contributed by atoms with Crippen molar-refractivity contribution in [1.29, 1.82) is 0 Å². The summed E-state index contributed by atoms with van der Waals surface area (Å²) in [5, 5.41) is 0. The zero-order chi connectivity index (χ0) is 14.8. The van der Waals surface area contributed by atoms with Crippen LogP contribution in [0.2, 0.25) is 0 Å². The van der Waals surface area contributed by atoms with Gasteiger partial charge in [-0.15, -0.1) is 0 Å². The molecule has 2 aliphatic rings. The topological polar surface area (TPSA) is 55.9 Å². The smallest absolute Gasteiger partial charge is 0.278 e. The third kappa shape index (κ3) is 3.51. The van der Waals surface area contributed by atoms with Crippen LogP contribution >= 0.6 is 0 Å². The normalized spacial score (nSPS) is 25.4. The highest BCUT2D eigenvalue weighted by Crippen LogP contribution is 2.35. The minimum atomic E-state index is -3.33. The van der Waals surface area contributed by atoms with E-state index >= 15 is 0 Å². The van der Waals surface area contributed by atoms with Gasteiger partial charge in [-0.2, -0.15) is 12.7 Å². The van der Waals surface area contributed by atoms with Crippen LogP contribution < -0.4 is 4.72 Å². The first-order chi connectivity index (χ1) is 9.36. The molecule has 118 valence electrons. The molecule has 1 saturated heterocycles. The van der Waals surface area contributed by atoms with Crippen molar-refractivity contribution < 1.29 is 8.42 Å². The molecule has 0 amide bonds. The van der Waals surface area contributed by atoms with Gasteiger partial charge in [0.15, 0.2) is 0 Å². The Kier molecular flexibility index (Phi) is 5.07. The van der Waals surface area contributed by atoms with Crippen LogP contribution in [0.3, 0.4) is 0 Å². The molecule has 2 rings (SSSR count). The summed E-state index contributed by atoms with van der Waals surface area (Å²) in [6, 6.07) is 0. The highest BCUT2D eigenvalue weighted by molar-refractivity contribution is 7.87. The van der Waals surface area contributed by atoms with Crippen LogP contribution in [0.1, 0.15) is 25.7 Å². The molecule has 0 aromatic rings. The molecule has 0 radical (unpaired) electrons. The Balaban J connectivity index is 2.03. The maximum atomic E-state index is 12.0. The number of rotatable bonds is 5. The van der Waals surface area contributed by atoms with Crippen LogP contribution in [0, 0.1) is 0 Å². The molecule has 6 nitrogen and oxygen atoms in total. The lowest BCUT2D eigenvalue weighted by Crippen LogP contribution is -2.60. The number of likely N-dealkylation sites (N-methyl/N-ethyl adjacent to an activating group) is 1. The van der Waals surface area contributed by atoms with E-state index in [-0.39, 0.29) is 5.54 Å². The third-order valence-electron chi connectivity index (χ3n) is 4.77. The Morgan fingerprint density at radius 2 is 1.65 bits per heavy atom. The molecule has 1 aliphatic heterocycles. The van der Waals surface area contributed by atoms with Gasteiger partial charge in [-0.3, -0.25) is 4.90 Å². The zero-order valence-corrected chi connectivity index (χ0v) is 13.7. The van der Waals surface area contributed by atoms with Crippen LogP contribution in [-0.2, 0) is 10.2 Å². The van der Waals surface area contributed by atoms with Crippen LogP contribution in [0.5, 0.6) is 0 Å². The number of nitrogens with one attached hydrogen (secondary N) is 1. The fourth-order valence-corrected chi connectivity index (χ4v) is 3.98. The van der Waals surface area contributed by atoms with Gasteiger partial charge in [-0.25, -0.2) is 4.72 Å². The van der Waals surface area contributed by atoms with Gasteiger partial charge >= 0.3 is 0 Å². The fourth-order valence-electron chi connectivity index (χ4n) is 3.27. The number of nitrogens with zero attached hydrogens (tertiary/aromatic N) is 3. The molecule has 0 atom stereocenters. The first-order valence-corrected chi connectivity index (χ1v) is 8.90. The van der Waals surface area contributed by atoms with Gasteiger partial charge in [0.25, 0.3) is 10.2 Å². The summed E-state index contributed by atoms with van der Waals surface area (Å²) in [6.45, 7) is 4.77. The zero-order valence-electron chi connectivity index (χ0n) is 12.9. The summed E-state index contributed by atoms with van der Waals surface area (Å²) in [7, 11) is 1.96. The molecule has 0 bridgehead atoms. The van der Waals surface area contributed by atoms with Gasteiger partial charge in [-0.1, -0.05) is 12.8 Å². The largest absolute Gasteiger partial charge is 0.304 e. The highest BCUT2D eigenvalue weighted by Gasteiger charge is 2.41. The second-order valence-corrected chi connectivity index (χ2v) is 8.30. The van der Waals surface area contributed by atoms with Crippen molar-refractivity contribution in [2.45, 2.75) is 31.2 Å². The lowest BCUT2D eigenvalue weighted by molar-refractivity contribution is 0.0459. The Morgan fingerprint density at radius 1 is 1.10 bits per heavy atom. The van der Waals surface area contributed by atoms with E-state index in [2.05, 4.69) is 21.6 Å². The van der Waals surface area contributed by atoms with Crippen molar-refractivity contribution in [2.75, 3.05) is 53.9 Å². The second-order valence-electron chi connectivity index (χ2n) is 6.33. The van der Waals surface area contributed by atoms with E-state index < -0.39 is 10.2 Å². The molecule has 1 aliphatic carbocycles. The fraction of sp³-hybridized carbons (Fsp3) is 1.00. The monoisotopic (exact) mass is 304 g/mol. The van der Waals surface area contributed by atoms with E-state index in [1.165, 1.54) is 17.1 Å². The lowest BCUT2D eigenvalue weighted by atomic mass is 9.94. The molecule has 1 heterocycles. The lowest BCUT2D eigenvalue weighted by Gasteiger charge is -2.45. The summed E-state index contributed by atoms with van der Waals surface area (Å²) in [5.74, 6) is 0. The molecule has 7 heteroatoms. The third-order valence-corrected chi connectivity index (χ3v) is 6.24. The molecule has 0 unspecified atom stereocenters. The summed E-state index contributed by atoms with van der Waals surface area (Å²) in [5.41, 5.74) is 0.0321. The van der Waals surface area contributed by atoms with Crippen LogP contribution in [0.25, 0.3) is 0 Å². The van der Waals surface area contributed by atoms with Crippen LogP contribution in [0.4, 0.5) is 0 Å². The van der Waals surface area contributed by atoms with Crippen molar-refractivity contribution in [3.05, 3.63) is 0 Å². The molecular weight excluding hydrogens is 276 g/mol. The molecule has 1 N–H and O–H groups in total. The Morgan fingerprint density at radius 3 is 2.15 bits per heavy atom. The summed E-state index contributed by atoms with van der Waals surface area (Å²) in [6.07, 6.45) is 4.62. The van der Waals surface area contributed by atoms with Gasteiger partial charge in [-0.05, 0) is 19.9 Å². The van der Waals surface area contributed by atoms with Crippen molar-refractivity contribution in [1.82, 2.24) is 18.8 Å². The van der Waals surface area contributed by atoms with Crippen molar-refractivity contribution in [3.8, 4) is 0 Å². The Labute approximate surface area is 123 Å². The average molecular weight is 304 g/mol. The van der Waals surface area contributed by atoms with Crippen molar-refractivity contribution >= 4 is 10.2 Å². The Bertz CT molecular complexity index is 410. The predicted molar refractivity (Wildman–Crippen MR) is 80.9 cm³/mol. The summed E-state index contributed by atoms with van der Waals surface area (Å²) < 4.78 is 27.9. The molecular formula is C13H28N4O2S. The minimum Gasteiger partial charge on any atom is -0.304 e. The molecule has 0 aromatic heterocycles. The van der Waals surface area contributed by atoms with E-state index in [0.29, 0.717) is 6.54 Å². The quantitative estimate of drug-likeness (QED) is 0.773. The van der Waals surface area contributed by atoms with E-state index in [1.807, 2.05) is 0 Å². The first-order valence-electron chi connectivity index (χ1n) is 7.46. The maximum absolute atomic E-state index is 12.0. The van der Waals surface area contributed by atoms with E-state index in [1.54, 1.807) is 14.1 Å². The van der Waals surface area contributed by atoms with Gasteiger partial charge < -0.3 is 4.90 Å². The molecule has 2 fully saturated rings. The first kappa shape index (κ1) is 16.2. The predicted octanol–water partition coefficient (Wildman–Crippen LogP) is -0.0574. The molecule has 0 aromatic carbocycles. The SMILES string of the molecule is CN1CCN(C2(CNS(=O)(=O)N(C)C)CCCC2)CC1. The standard InChI is InChI=1S/C13H28N4O2S/c1-15(2)20(18,19)14-12-13(6-4-5-7-13)17-10-8-16(3)9-11-17/h14H,4-12H2,1-3H3. The van der Waals surface area contributed by atoms with Gasteiger partial charge in [0.05, 0.1) is 0 Å². The van der Waals surface area contributed by atoms with Crippen molar-refractivity contribution in [3.63, 3.8) is 0 Å². The maximum Gasteiger partial charge on any atom is 0.278 e. The number of piperazine rings is 1. The van der Waals surface area contributed by atoms with Crippen LogP contribution in [-0.4, -0.2) is 81.9 Å². The van der Waals surface area contributed by atoms with Gasteiger partial charge in [0.2, 0.25) is 0 Å². The Hall–Kier alpha value is -0.210. The molecule has 20 heavy (non-hydrogen) atoms. The molecule has 1 saturated carbocycles.